The molecule has 0 aliphatic heterocycles. The molecule has 0 aromatic rings. The van der Waals surface area contributed by atoms with Gasteiger partial charge in [-0.05, 0) is 44.6 Å². The largest absolute Gasteiger partial charge is 0.469 e. The Hall–Kier alpha value is -2.32. The maximum Gasteiger partial charge on any atom is 0.469 e. The summed E-state index contributed by atoms with van der Waals surface area (Å²) in [6.07, 6.45) is 26.1. The van der Waals surface area contributed by atoms with E-state index in [-0.39, 0.29) is 38.1 Å². The second-order valence-corrected chi connectivity index (χ2v) is 11.0. The number of ether oxygens (including phenoxy) is 2. The van der Waals surface area contributed by atoms with Crippen molar-refractivity contribution in [3.63, 3.8) is 0 Å². The Kier molecular flexibility index (Phi) is 25.1. The molecule has 0 aromatic heterocycles. The van der Waals surface area contributed by atoms with Crippen LogP contribution in [0.5, 0.6) is 0 Å². The van der Waals surface area contributed by atoms with Crippen molar-refractivity contribution >= 4 is 25.5 Å². The van der Waals surface area contributed by atoms with Crippen LogP contribution in [0.2, 0.25) is 0 Å². The summed E-state index contributed by atoms with van der Waals surface area (Å²) in [6.45, 7) is 3.29. The molecule has 0 aliphatic rings. The van der Waals surface area contributed by atoms with Gasteiger partial charge in [0.2, 0.25) is 0 Å². The third-order valence-electron chi connectivity index (χ3n) is 5.83. The first-order valence-electron chi connectivity index (χ1n) is 14.9. The van der Waals surface area contributed by atoms with Gasteiger partial charge in [-0.2, -0.15) is 0 Å². The number of carbonyl (C=O) groups excluding carboxylic acids is 3. The number of ketones is 1. The second-order valence-electron chi connectivity index (χ2n) is 9.76. The van der Waals surface area contributed by atoms with E-state index in [1.54, 1.807) is 12.2 Å². The van der Waals surface area contributed by atoms with Crippen LogP contribution in [0, 0.1) is 0 Å². The molecule has 0 rings (SSSR count). The molecule has 0 heterocycles. The van der Waals surface area contributed by atoms with Crippen molar-refractivity contribution in [1.29, 1.82) is 0 Å². The van der Waals surface area contributed by atoms with Gasteiger partial charge in [0.15, 0.2) is 11.9 Å². The van der Waals surface area contributed by atoms with Crippen molar-refractivity contribution in [2.45, 2.75) is 116 Å². The Labute approximate surface area is 246 Å². The van der Waals surface area contributed by atoms with E-state index < -0.39 is 32.5 Å². The highest BCUT2D eigenvalue weighted by molar-refractivity contribution is 7.46. The summed E-state index contributed by atoms with van der Waals surface area (Å²) in [7, 11) is -4.80. The first-order chi connectivity index (χ1) is 19.7. The van der Waals surface area contributed by atoms with Gasteiger partial charge in [-0.3, -0.25) is 18.9 Å². The van der Waals surface area contributed by atoms with Gasteiger partial charge in [0.05, 0.1) is 6.61 Å². The van der Waals surface area contributed by atoms with Crippen LogP contribution in [-0.4, -0.2) is 46.8 Å². The Morgan fingerprint density at radius 3 is 2.05 bits per heavy atom. The van der Waals surface area contributed by atoms with Gasteiger partial charge in [0.25, 0.3) is 0 Å². The maximum absolute atomic E-state index is 12.2. The molecule has 2 N–H and O–H groups in total. The molecule has 0 saturated heterocycles. The predicted octanol–water partition coefficient (Wildman–Crippen LogP) is 7.24. The van der Waals surface area contributed by atoms with Gasteiger partial charge in [0.1, 0.15) is 6.61 Å². The van der Waals surface area contributed by atoms with Gasteiger partial charge in [-0.25, -0.2) is 4.57 Å². The molecule has 0 radical (unpaired) electrons. The minimum atomic E-state index is -4.80. The zero-order valence-corrected chi connectivity index (χ0v) is 25.8. The smallest absolute Gasteiger partial charge is 0.462 e. The third-order valence-corrected chi connectivity index (χ3v) is 6.31. The number of hydrogen-bond acceptors (Lipinski definition) is 7. The molecule has 0 aromatic carbocycles. The van der Waals surface area contributed by atoms with E-state index in [1.165, 1.54) is 25.3 Å². The summed E-state index contributed by atoms with van der Waals surface area (Å²) >= 11 is 0. The van der Waals surface area contributed by atoms with Crippen molar-refractivity contribution in [1.82, 2.24) is 0 Å². The van der Waals surface area contributed by atoms with E-state index in [0.717, 1.165) is 44.9 Å². The highest BCUT2D eigenvalue weighted by Crippen LogP contribution is 2.35. The van der Waals surface area contributed by atoms with Crippen molar-refractivity contribution in [3.05, 3.63) is 48.6 Å². The fraction of sp³-hybridized carbons (Fsp3) is 0.645. The molecule has 0 aliphatic carbocycles. The third kappa shape index (κ3) is 29.0. The van der Waals surface area contributed by atoms with Crippen LogP contribution in [0.1, 0.15) is 110 Å². The first-order valence-corrected chi connectivity index (χ1v) is 16.4. The Morgan fingerprint density at radius 1 is 0.707 bits per heavy atom. The monoisotopic (exact) mass is 598 g/mol. The Bertz CT molecular complexity index is 871. The lowest BCUT2D eigenvalue weighted by atomic mass is 10.1. The molecular formula is C31H51O9P. The molecule has 10 heteroatoms. The van der Waals surface area contributed by atoms with Crippen molar-refractivity contribution in [2.75, 3.05) is 13.2 Å². The molecule has 0 unspecified atom stereocenters. The summed E-state index contributed by atoms with van der Waals surface area (Å²) in [5.74, 6) is -1.30. The molecule has 0 fully saturated rings. The molecule has 0 amide bonds. The molecule has 0 bridgehead atoms. The molecule has 9 nitrogen and oxygen atoms in total. The average molecular weight is 599 g/mol. The average Bonchev–Trinajstić information content (AvgIpc) is 2.92. The molecule has 0 saturated carbocycles. The van der Waals surface area contributed by atoms with E-state index >= 15 is 0 Å². The van der Waals surface area contributed by atoms with E-state index in [4.69, 9.17) is 19.3 Å². The fourth-order valence-electron chi connectivity index (χ4n) is 3.56. The van der Waals surface area contributed by atoms with E-state index in [1.807, 2.05) is 6.08 Å². The minimum Gasteiger partial charge on any atom is -0.462 e. The summed E-state index contributed by atoms with van der Waals surface area (Å²) in [4.78, 5) is 54.1. The highest BCUT2D eigenvalue weighted by atomic mass is 31.2. The standard InChI is InChI=1S/C31H51O9P/c1-3-5-7-9-10-11-12-13-14-15-16-18-19-22-28(32)23-21-25-31(34)40-29(27-39-41(35,36)37)26-38-30(33)24-20-17-8-6-4-2/h10-11,13-14,16,18-19,22,29H,3-9,12,15,17,20-21,23-27H2,1-2H3,(H2,35,36,37)/b11-10-,14-13-,18-16-,22-19+/t29-/m1/s1. The van der Waals surface area contributed by atoms with E-state index in [9.17, 15) is 18.9 Å². The lowest BCUT2D eigenvalue weighted by Crippen LogP contribution is -2.29. The van der Waals surface area contributed by atoms with Gasteiger partial charge in [-0.15, -0.1) is 0 Å². The number of hydrogen-bond donors (Lipinski definition) is 2. The highest BCUT2D eigenvalue weighted by Gasteiger charge is 2.23. The summed E-state index contributed by atoms with van der Waals surface area (Å²) in [5, 5.41) is 0. The van der Waals surface area contributed by atoms with E-state index in [0.29, 0.717) is 6.42 Å². The molecular weight excluding hydrogens is 547 g/mol. The van der Waals surface area contributed by atoms with Gasteiger partial charge >= 0.3 is 19.8 Å². The van der Waals surface area contributed by atoms with Crippen molar-refractivity contribution in [2.24, 2.45) is 0 Å². The number of rotatable bonds is 26. The topological polar surface area (TPSA) is 136 Å². The number of unbranched alkanes of at least 4 members (excludes halogenated alkanes) is 7. The zero-order chi connectivity index (χ0) is 30.6. The van der Waals surface area contributed by atoms with Gasteiger partial charge < -0.3 is 19.3 Å². The van der Waals surface area contributed by atoms with Crippen LogP contribution in [0.15, 0.2) is 48.6 Å². The zero-order valence-electron chi connectivity index (χ0n) is 24.9. The molecule has 41 heavy (non-hydrogen) atoms. The number of esters is 2. The molecule has 1 atom stereocenters. The number of allylic oxidation sites excluding steroid dienone is 8. The summed E-state index contributed by atoms with van der Waals surface area (Å²) in [6, 6.07) is 0. The van der Waals surface area contributed by atoms with Gasteiger partial charge in [0, 0.05) is 19.3 Å². The van der Waals surface area contributed by atoms with Gasteiger partial charge in [-0.1, -0.05) is 94.9 Å². The Morgan fingerprint density at radius 2 is 1.34 bits per heavy atom. The number of phosphoric ester groups is 1. The van der Waals surface area contributed by atoms with Crippen molar-refractivity contribution < 1.29 is 42.7 Å². The molecule has 0 spiro atoms. The summed E-state index contributed by atoms with van der Waals surface area (Å²) < 4.78 is 25.8. The van der Waals surface area contributed by atoms with Crippen LogP contribution in [-0.2, 0) is 32.9 Å². The maximum atomic E-state index is 12.2. The van der Waals surface area contributed by atoms with Crippen LogP contribution >= 0.6 is 7.82 Å². The van der Waals surface area contributed by atoms with Crippen LogP contribution in [0.25, 0.3) is 0 Å². The number of phosphoric acid groups is 1. The van der Waals surface area contributed by atoms with Crippen LogP contribution in [0.3, 0.4) is 0 Å². The Balaban J connectivity index is 4.29. The second kappa shape index (κ2) is 26.6. The predicted molar refractivity (Wildman–Crippen MR) is 161 cm³/mol. The SMILES string of the molecule is CCCCC/C=C\C/C=C\C/C=C\C=C\C(=O)CCCC(=O)O[C@H](COC(=O)CCCCCCC)COP(=O)(O)O. The minimum absolute atomic E-state index is 0.0783. The normalized spacial score (nSPS) is 13.1. The van der Waals surface area contributed by atoms with Crippen molar-refractivity contribution in [3.8, 4) is 0 Å². The van der Waals surface area contributed by atoms with E-state index in [2.05, 4.69) is 42.7 Å². The lowest BCUT2D eigenvalue weighted by Gasteiger charge is -2.18. The van der Waals surface area contributed by atoms with Crippen LogP contribution in [0.4, 0.5) is 0 Å². The molecule has 234 valence electrons. The quantitative estimate of drug-likeness (QED) is 0.0264. The fourth-order valence-corrected chi connectivity index (χ4v) is 3.92. The number of carbonyl (C=O) groups is 3. The first kappa shape index (κ1) is 38.7. The summed E-state index contributed by atoms with van der Waals surface area (Å²) in [5.41, 5.74) is 0. The van der Waals surface area contributed by atoms with Crippen LogP contribution < -0.4 is 0 Å². The lowest BCUT2D eigenvalue weighted by molar-refractivity contribution is -0.161.